The fourth-order valence-electron chi connectivity index (χ4n) is 2.39. The number of aromatic amines is 1. The standard InChI is InChI=1S/C16H13FN6O3S2/c1-8-11(5-18)20-6-12-15(8)23-16(22-12)27-7-14(24)21-9-2-3-10(17)13(4-9)28(19,25)26/h2-4,6H,7H2,1H3,(H,21,24)(H,22,23)(H2,19,25,26). The van der Waals surface area contributed by atoms with Crippen molar-refractivity contribution >= 4 is 44.4 Å². The summed E-state index contributed by atoms with van der Waals surface area (Å²) in [7, 11) is -4.25. The summed E-state index contributed by atoms with van der Waals surface area (Å²) in [6.07, 6.45) is 1.49. The fraction of sp³-hybridized carbons (Fsp3) is 0.125. The van der Waals surface area contributed by atoms with E-state index in [0.717, 1.165) is 23.9 Å². The van der Waals surface area contributed by atoms with Crippen LogP contribution in [0.5, 0.6) is 0 Å². The SMILES string of the molecule is Cc1c(C#N)ncc2[nH]c(SCC(=O)Nc3ccc(F)c(S(N)(=O)=O)c3)nc12. The number of benzene rings is 1. The minimum atomic E-state index is -4.25. The van der Waals surface area contributed by atoms with Gasteiger partial charge in [-0.1, -0.05) is 11.8 Å². The Morgan fingerprint density at radius 1 is 1.46 bits per heavy atom. The molecule has 0 saturated heterocycles. The molecule has 0 aliphatic rings. The van der Waals surface area contributed by atoms with Crippen LogP contribution in [0.2, 0.25) is 0 Å². The second-order valence-electron chi connectivity index (χ2n) is 5.67. The van der Waals surface area contributed by atoms with Crippen LogP contribution in [-0.2, 0) is 14.8 Å². The number of hydrogen-bond donors (Lipinski definition) is 3. The Morgan fingerprint density at radius 3 is 2.89 bits per heavy atom. The number of aromatic nitrogens is 3. The summed E-state index contributed by atoms with van der Waals surface area (Å²) in [6.45, 7) is 1.73. The van der Waals surface area contributed by atoms with E-state index in [-0.39, 0.29) is 17.1 Å². The fourth-order valence-corrected chi connectivity index (χ4v) is 3.70. The molecule has 3 aromatic rings. The summed E-state index contributed by atoms with van der Waals surface area (Å²) >= 11 is 1.10. The predicted octanol–water partition coefficient (Wildman–Crippen LogP) is 1.66. The number of fused-ring (bicyclic) bond motifs is 1. The number of amides is 1. The van der Waals surface area contributed by atoms with Gasteiger partial charge < -0.3 is 10.3 Å². The van der Waals surface area contributed by atoms with E-state index in [2.05, 4.69) is 20.3 Å². The first-order chi connectivity index (χ1) is 13.2. The highest BCUT2D eigenvalue weighted by Gasteiger charge is 2.16. The number of aryl methyl sites for hydroxylation is 1. The number of hydrogen-bond acceptors (Lipinski definition) is 7. The lowest BCUT2D eigenvalue weighted by Crippen LogP contribution is -2.17. The number of halogens is 1. The topological polar surface area (TPSA) is 155 Å². The van der Waals surface area contributed by atoms with Crippen LogP contribution in [-0.4, -0.2) is 35.0 Å². The Labute approximate surface area is 163 Å². The van der Waals surface area contributed by atoms with Crippen molar-refractivity contribution in [3.63, 3.8) is 0 Å². The molecular weight excluding hydrogens is 407 g/mol. The first-order valence-electron chi connectivity index (χ1n) is 7.69. The van der Waals surface area contributed by atoms with Gasteiger partial charge in [0.25, 0.3) is 0 Å². The zero-order valence-corrected chi connectivity index (χ0v) is 16.0. The molecule has 0 spiro atoms. The first-order valence-corrected chi connectivity index (χ1v) is 10.2. The number of rotatable bonds is 5. The number of nitrogens with one attached hydrogen (secondary N) is 2. The van der Waals surface area contributed by atoms with Gasteiger partial charge in [0.1, 0.15) is 22.5 Å². The number of nitrogens with two attached hydrogens (primary N) is 1. The molecule has 28 heavy (non-hydrogen) atoms. The molecule has 9 nitrogen and oxygen atoms in total. The smallest absolute Gasteiger partial charge is 0.241 e. The van der Waals surface area contributed by atoms with Crippen molar-refractivity contribution in [2.75, 3.05) is 11.1 Å². The summed E-state index contributed by atoms with van der Waals surface area (Å²) in [6, 6.07) is 5.07. The van der Waals surface area contributed by atoms with Crippen molar-refractivity contribution in [3.05, 3.63) is 41.5 Å². The number of thioether (sulfide) groups is 1. The van der Waals surface area contributed by atoms with Gasteiger partial charge in [0.05, 0.1) is 23.0 Å². The van der Waals surface area contributed by atoms with Crippen molar-refractivity contribution in [2.24, 2.45) is 5.14 Å². The second-order valence-corrected chi connectivity index (χ2v) is 8.17. The van der Waals surface area contributed by atoms with Crippen molar-refractivity contribution in [1.29, 1.82) is 5.26 Å². The third kappa shape index (κ3) is 4.11. The highest BCUT2D eigenvalue weighted by molar-refractivity contribution is 7.99. The zero-order chi connectivity index (χ0) is 20.5. The van der Waals surface area contributed by atoms with E-state index in [0.29, 0.717) is 21.8 Å². The average Bonchev–Trinajstić information content (AvgIpc) is 3.05. The third-order valence-electron chi connectivity index (χ3n) is 3.71. The van der Waals surface area contributed by atoms with Crippen LogP contribution >= 0.6 is 11.8 Å². The Kier molecular flexibility index (Phi) is 5.32. The molecule has 1 amide bonds. The van der Waals surface area contributed by atoms with Crippen LogP contribution < -0.4 is 10.5 Å². The molecule has 0 bridgehead atoms. The van der Waals surface area contributed by atoms with Crippen molar-refractivity contribution in [3.8, 4) is 6.07 Å². The van der Waals surface area contributed by atoms with E-state index in [4.69, 9.17) is 10.4 Å². The lowest BCUT2D eigenvalue weighted by molar-refractivity contribution is -0.113. The van der Waals surface area contributed by atoms with E-state index in [9.17, 15) is 17.6 Å². The molecule has 0 atom stereocenters. The largest absolute Gasteiger partial charge is 0.332 e. The molecule has 0 unspecified atom stereocenters. The molecular formula is C16H13FN6O3S2. The summed E-state index contributed by atoms with van der Waals surface area (Å²) < 4.78 is 36.2. The van der Waals surface area contributed by atoms with Crippen LogP contribution in [0.4, 0.5) is 10.1 Å². The number of carbonyl (C=O) groups is 1. The van der Waals surface area contributed by atoms with Gasteiger partial charge in [-0.15, -0.1) is 0 Å². The quantitative estimate of drug-likeness (QED) is 0.530. The molecule has 2 heterocycles. The summed E-state index contributed by atoms with van der Waals surface area (Å²) in [5.41, 5.74) is 2.23. The Balaban J connectivity index is 1.71. The van der Waals surface area contributed by atoms with Crippen LogP contribution in [0.15, 0.2) is 34.4 Å². The molecule has 1 aromatic carbocycles. The van der Waals surface area contributed by atoms with Gasteiger partial charge in [-0.2, -0.15) is 5.26 Å². The molecule has 0 radical (unpaired) electrons. The van der Waals surface area contributed by atoms with E-state index in [1.807, 2.05) is 6.07 Å². The second kappa shape index (κ2) is 7.55. The number of sulfonamides is 1. The van der Waals surface area contributed by atoms with E-state index in [1.54, 1.807) is 6.92 Å². The normalized spacial score (nSPS) is 11.4. The van der Waals surface area contributed by atoms with Crippen LogP contribution in [0.25, 0.3) is 11.0 Å². The Morgan fingerprint density at radius 2 is 2.21 bits per heavy atom. The van der Waals surface area contributed by atoms with Gasteiger partial charge in [0, 0.05) is 11.3 Å². The zero-order valence-electron chi connectivity index (χ0n) is 14.4. The number of carbonyl (C=O) groups excluding carboxylic acids is 1. The van der Waals surface area contributed by atoms with Gasteiger partial charge in [-0.05, 0) is 25.1 Å². The van der Waals surface area contributed by atoms with Gasteiger partial charge in [-0.25, -0.2) is 27.9 Å². The maximum absolute atomic E-state index is 13.5. The van der Waals surface area contributed by atoms with Gasteiger partial charge in [-0.3, -0.25) is 4.79 Å². The molecule has 12 heteroatoms. The van der Waals surface area contributed by atoms with E-state index < -0.39 is 26.6 Å². The van der Waals surface area contributed by atoms with Crippen molar-refractivity contribution in [1.82, 2.24) is 15.0 Å². The monoisotopic (exact) mass is 420 g/mol. The lowest BCUT2D eigenvalue weighted by atomic mass is 10.2. The molecule has 144 valence electrons. The molecule has 0 aliphatic carbocycles. The molecule has 0 fully saturated rings. The number of nitrogens with zero attached hydrogens (tertiary/aromatic N) is 3. The van der Waals surface area contributed by atoms with Crippen LogP contribution in [0.1, 0.15) is 11.3 Å². The number of H-pyrrole nitrogens is 1. The van der Waals surface area contributed by atoms with Gasteiger partial charge >= 0.3 is 0 Å². The number of pyridine rings is 1. The lowest BCUT2D eigenvalue weighted by Gasteiger charge is -2.07. The number of imidazole rings is 1. The minimum Gasteiger partial charge on any atom is -0.332 e. The Bertz CT molecular complexity index is 1230. The van der Waals surface area contributed by atoms with Crippen LogP contribution in [0.3, 0.4) is 0 Å². The molecule has 4 N–H and O–H groups in total. The summed E-state index contributed by atoms with van der Waals surface area (Å²) in [5.74, 6) is -1.50. The number of nitriles is 1. The minimum absolute atomic E-state index is 0.0422. The molecule has 2 aromatic heterocycles. The highest BCUT2D eigenvalue weighted by Crippen LogP contribution is 2.23. The average molecular weight is 420 g/mol. The first kappa shape index (κ1) is 19.7. The van der Waals surface area contributed by atoms with E-state index >= 15 is 0 Å². The van der Waals surface area contributed by atoms with Crippen molar-refractivity contribution in [2.45, 2.75) is 17.0 Å². The van der Waals surface area contributed by atoms with E-state index in [1.165, 1.54) is 12.3 Å². The predicted molar refractivity (Wildman–Crippen MR) is 100 cm³/mol. The maximum atomic E-state index is 13.5. The van der Waals surface area contributed by atoms with Gasteiger partial charge in [0.2, 0.25) is 15.9 Å². The molecule has 3 rings (SSSR count). The number of anilines is 1. The summed E-state index contributed by atoms with van der Waals surface area (Å²) in [4.78, 5) is 22.8. The van der Waals surface area contributed by atoms with Crippen molar-refractivity contribution < 1.29 is 17.6 Å². The summed E-state index contributed by atoms with van der Waals surface area (Å²) in [5, 5.41) is 16.9. The van der Waals surface area contributed by atoms with Crippen LogP contribution in [0, 0.1) is 24.1 Å². The highest BCUT2D eigenvalue weighted by atomic mass is 32.2. The third-order valence-corrected chi connectivity index (χ3v) is 5.51. The maximum Gasteiger partial charge on any atom is 0.241 e. The Hall–Kier alpha value is -3.01. The number of primary sulfonamides is 1. The molecule has 0 saturated carbocycles. The van der Waals surface area contributed by atoms with Gasteiger partial charge in [0.15, 0.2) is 5.16 Å². The molecule has 0 aliphatic heterocycles.